The molecule has 1 aromatic carbocycles. The number of benzene rings is 1. The molecule has 0 saturated carbocycles. The van der Waals surface area contributed by atoms with Gasteiger partial charge in [0.2, 0.25) is 0 Å². The Morgan fingerprint density at radius 2 is 2.21 bits per heavy atom. The SMILES string of the molecule is COCc1cc2c(Cl)cccc2n1C. The van der Waals surface area contributed by atoms with E-state index >= 15 is 0 Å². The number of fused-ring (bicyclic) bond motifs is 1. The Hall–Kier alpha value is -0.990. The van der Waals surface area contributed by atoms with Gasteiger partial charge in [-0.2, -0.15) is 0 Å². The molecule has 0 aliphatic heterocycles. The van der Waals surface area contributed by atoms with E-state index in [9.17, 15) is 0 Å². The predicted molar refractivity (Wildman–Crippen MR) is 58.6 cm³/mol. The summed E-state index contributed by atoms with van der Waals surface area (Å²) in [7, 11) is 3.71. The summed E-state index contributed by atoms with van der Waals surface area (Å²) >= 11 is 6.09. The minimum Gasteiger partial charge on any atom is -0.378 e. The average molecular weight is 210 g/mol. The van der Waals surface area contributed by atoms with Crippen molar-refractivity contribution in [2.24, 2.45) is 7.05 Å². The Labute approximate surface area is 88.0 Å². The number of rotatable bonds is 2. The molecule has 2 rings (SSSR count). The molecule has 74 valence electrons. The molecule has 0 saturated heterocycles. The fourth-order valence-electron chi connectivity index (χ4n) is 1.67. The first-order valence-corrected chi connectivity index (χ1v) is 4.83. The maximum Gasteiger partial charge on any atom is 0.0864 e. The number of hydrogen-bond acceptors (Lipinski definition) is 1. The van der Waals surface area contributed by atoms with E-state index in [0.29, 0.717) is 6.61 Å². The van der Waals surface area contributed by atoms with Crippen molar-refractivity contribution in [1.29, 1.82) is 0 Å². The van der Waals surface area contributed by atoms with Crippen LogP contribution in [0.25, 0.3) is 10.9 Å². The van der Waals surface area contributed by atoms with Crippen molar-refractivity contribution in [1.82, 2.24) is 4.57 Å². The predicted octanol–water partition coefficient (Wildman–Crippen LogP) is 2.98. The monoisotopic (exact) mass is 209 g/mol. The Kier molecular flexibility index (Phi) is 2.48. The summed E-state index contributed by atoms with van der Waals surface area (Å²) in [6.45, 7) is 0.613. The topological polar surface area (TPSA) is 14.2 Å². The highest BCUT2D eigenvalue weighted by Crippen LogP contribution is 2.26. The van der Waals surface area contributed by atoms with Gasteiger partial charge in [0, 0.05) is 35.8 Å². The van der Waals surface area contributed by atoms with Crippen molar-refractivity contribution in [3.05, 3.63) is 35.0 Å². The molecule has 2 nitrogen and oxygen atoms in total. The van der Waals surface area contributed by atoms with Gasteiger partial charge < -0.3 is 9.30 Å². The summed E-state index contributed by atoms with van der Waals surface area (Å²) in [6.07, 6.45) is 0. The molecule has 0 bridgehead atoms. The van der Waals surface area contributed by atoms with Gasteiger partial charge in [0.25, 0.3) is 0 Å². The lowest BCUT2D eigenvalue weighted by atomic mass is 10.2. The van der Waals surface area contributed by atoms with Crippen molar-refractivity contribution < 1.29 is 4.74 Å². The highest BCUT2D eigenvalue weighted by molar-refractivity contribution is 6.35. The summed E-state index contributed by atoms with van der Waals surface area (Å²) in [5.74, 6) is 0. The van der Waals surface area contributed by atoms with Crippen LogP contribution in [0.4, 0.5) is 0 Å². The third kappa shape index (κ3) is 1.41. The van der Waals surface area contributed by atoms with Crippen LogP contribution in [0.1, 0.15) is 5.69 Å². The van der Waals surface area contributed by atoms with Crippen LogP contribution >= 0.6 is 11.6 Å². The highest BCUT2D eigenvalue weighted by atomic mass is 35.5. The minimum absolute atomic E-state index is 0.613. The molecule has 0 radical (unpaired) electrons. The molecule has 3 heteroatoms. The molecule has 14 heavy (non-hydrogen) atoms. The Morgan fingerprint density at radius 1 is 1.43 bits per heavy atom. The largest absolute Gasteiger partial charge is 0.378 e. The number of hydrogen-bond donors (Lipinski definition) is 0. The van der Waals surface area contributed by atoms with Gasteiger partial charge >= 0.3 is 0 Å². The van der Waals surface area contributed by atoms with Crippen LogP contribution in [-0.4, -0.2) is 11.7 Å². The van der Waals surface area contributed by atoms with E-state index in [1.54, 1.807) is 7.11 Å². The lowest BCUT2D eigenvalue weighted by Crippen LogP contribution is -1.96. The smallest absolute Gasteiger partial charge is 0.0864 e. The highest BCUT2D eigenvalue weighted by Gasteiger charge is 2.07. The molecule has 0 fully saturated rings. The molecule has 0 atom stereocenters. The first-order valence-electron chi connectivity index (χ1n) is 4.46. The van der Waals surface area contributed by atoms with Gasteiger partial charge in [0.05, 0.1) is 6.61 Å². The van der Waals surface area contributed by atoms with E-state index in [1.165, 1.54) is 0 Å². The lowest BCUT2D eigenvalue weighted by molar-refractivity contribution is 0.179. The van der Waals surface area contributed by atoms with E-state index in [1.807, 2.05) is 19.2 Å². The van der Waals surface area contributed by atoms with Crippen LogP contribution in [0.15, 0.2) is 24.3 Å². The van der Waals surface area contributed by atoms with Crippen molar-refractivity contribution in [2.75, 3.05) is 7.11 Å². The zero-order valence-corrected chi connectivity index (χ0v) is 9.01. The van der Waals surface area contributed by atoms with Gasteiger partial charge in [-0.15, -0.1) is 0 Å². The van der Waals surface area contributed by atoms with Crippen LogP contribution in [0.5, 0.6) is 0 Å². The van der Waals surface area contributed by atoms with Crippen molar-refractivity contribution in [2.45, 2.75) is 6.61 Å². The summed E-state index contributed by atoms with van der Waals surface area (Å²) < 4.78 is 7.22. The first kappa shape index (κ1) is 9.56. The Bertz CT molecular complexity index is 462. The van der Waals surface area contributed by atoms with Gasteiger partial charge in [-0.05, 0) is 18.2 Å². The summed E-state index contributed by atoms with van der Waals surface area (Å²) in [4.78, 5) is 0. The third-order valence-corrected chi connectivity index (χ3v) is 2.75. The fourth-order valence-corrected chi connectivity index (χ4v) is 1.89. The maximum atomic E-state index is 6.09. The second kappa shape index (κ2) is 3.64. The molecule has 0 amide bonds. The lowest BCUT2D eigenvalue weighted by Gasteiger charge is -2.01. The second-order valence-corrected chi connectivity index (χ2v) is 3.71. The van der Waals surface area contributed by atoms with E-state index in [-0.39, 0.29) is 0 Å². The summed E-state index contributed by atoms with van der Waals surface area (Å²) in [6, 6.07) is 7.99. The summed E-state index contributed by atoms with van der Waals surface area (Å²) in [5, 5.41) is 1.88. The van der Waals surface area contributed by atoms with Crippen LogP contribution in [0.2, 0.25) is 5.02 Å². The van der Waals surface area contributed by atoms with Crippen molar-refractivity contribution in [3.63, 3.8) is 0 Å². The molecule has 0 aliphatic rings. The molecular weight excluding hydrogens is 198 g/mol. The van der Waals surface area contributed by atoms with Crippen LogP contribution in [0, 0.1) is 0 Å². The minimum atomic E-state index is 0.613. The first-order chi connectivity index (χ1) is 6.74. The Morgan fingerprint density at radius 3 is 2.86 bits per heavy atom. The standard InChI is InChI=1S/C11H12ClNO/c1-13-8(7-14-2)6-9-10(12)4-3-5-11(9)13/h3-6H,7H2,1-2H3. The zero-order chi connectivity index (χ0) is 10.1. The number of nitrogens with zero attached hydrogens (tertiary/aromatic N) is 1. The molecule has 1 aromatic heterocycles. The molecule has 0 aliphatic carbocycles. The number of aryl methyl sites for hydroxylation is 1. The van der Waals surface area contributed by atoms with E-state index in [4.69, 9.17) is 16.3 Å². The fraction of sp³-hybridized carbons (Fsp3) is 0.273. The molecular formula is C11H12ClNO. The van der Waals surface area contributed by atoms with Crippen LogP contribution < -0.4 is 0 Å². The average Bonchev–Trinajstić information content (AvgIpc) is 2.48. The quantitative estimate of drug-likeness (QED) is 0.742. The second-order valence-electron chi connectivity index (χ2n) is 3.30. The van der Waals surface area contributed by atoms with Crippen LogP contribution in [-0.2, 0) is 18.4 Å². The zero-order valence-electron chi connectivity index (χ0n) is 8.25. The number of halogens is 1. The molecule has 1 heterocycles. The number of aromatic nitrogens is 1. The number of ether oxygens (including phenoxy) is 1. The molecule has 0 N–H and O–H groups in total. The van der Waals surface area contributed by atoms with E-state index < -0.39 is 0 Å². The van der Waals surface area contributed by atoms with E-state index in [2.05, 4.69) is 16.7 Å². The molecule has 2 aromatic rings. The normalized spacial score (nSPS) is 11.1. The van der Waals surface area contributed by atoms with Crippen molar-refractivity contribution in [3.8, 4) is 0 Å². The molecule has 0 unspecified atom stereocenters. The third-order valence-electron chi connectivity index (χ3n) is 2.43. The van der Waals surface area contributed by atoms with Gasteiger partial charge in [0.15, 0.2) is 0 Å². The van der Waals surface area contributed by atoms with Gasteiger partial charge in [0.1, 0.15) is 0 Å². The van der Waals surface area contributed by atoms with Gasteiger partial charge in [-0.3, -0.25) is 0 Å². The number of methoxy groups -OCH3 is 1. The van der Waals surface area contributed by atoms with E-state index in [0.717, 1.165) is 21.6 Å². The molecule has 0 spiro atoms. The van der Waals surface area contributed by atoms with Crippen LogP contribution in [0.3, 0.4) is 0 Å². The Balaban J connectivity index is 2.67. The maximum absolute atomic E-state index is 6.09. The summed E-state index contributed by atoms with van der Waals surface area (Å²) in [5.41, 5.74) is 2.28. The van der Waals surface area contributed by atoms with Crippen molar-refractivity contribution >= 4 is 22.5 Å². The van der Waals surface area contributed by atoms with Gasteiger partial charge in [-0.25, -0.2) is 0 Å². The van der Waals surface area contributed by atoms with Gasteiger partial charge in [-0.1, -0.05) is 17.7 Å².